The molecule has 2 aliphatic rings. The van der Waals surface area contributed by atoms with E-state index in [-0.39, 0.29) is 0 Å². The van der Waals surface area contributed by atoms with Crippen molar-refractivity contribution in [3.63, 3.8) is 0 Å². The number of hydrogen-bond acceptors (Lipinski definition) is 2. The molecule has 0 aliphatic heterocycles. The van der Waals surface area contributed by atoms with Crippen molar-refractivity contribution in [1.29, 1.82) is 0 Å². The van der Waals surface area contributed by atoms with Crippen molar-refractivity contribution in [2.45, 2.75) is 44.9 Å². The number of hydrazone groups is 1. The molecule has 0 unspecified atom stereocenters. The summed E-state index contributed by atoms with van der Waals surface area (Å²) in [6.45, 7) is 1.11. The number of hydrogen-bond donors (Lipinski definition) is 1. The standard InChI is InChI=1S/C10H18N2/c1-2-4-10(5-3-1)12-11-8-9-6-7-9/h9,11H,1-8H2. The lowest BCUT2D eigenvalue weighted by Gasteiger charge is -2.12. The van der Waals surface area contributed by atoms with Crippen LogP contribution in [0, 0.1) is 5.92 Å². The predicted octanol–water partition coefficient (Wildman–Crippen LogP) is 2.31. The topological polar surface area (TPSA) is 24.4 Å². The van der Waals surface area contributed by atoms with Crippen molar-refractivity contribution in [1.82, 2.24) is 5.43 Å². The highest BCUT2D eigenvalue weighted by molar-refractivity contribution is 5.84. The van der Waals surface area contributed by atoms with Gasteiger partial charge in [0.05, 0.1) is 0 Å². The normalized spacial score (nSPS) is 23.8. The van der Waals surface area contributed by atoms with Gasteiger partial charge in [-0.15, -0.1) is 0 Å². The lowest BCUT2D eigenvalue weighted by Crippen LogP contribution is -2.15. The van der Waals surface area contributed by atoms with Crippen LogP contribution >= 0.6 is 0 Å². The molecule has 0 aromatic heterocycles. The van der Waals surface area contributed by atoms with Gasteiger partial charge in [-0.1, -0.05) is 6.42 Å². The third kappa shape index (κ3) is 2.50. The molecule has 0 atom stereocenters. The van der Waals surface area contributed by atoms with E-state index in [9.17, 15) is 0 Å². The van der Waals surface area contributed by atoms with Crippen molar-refractivity contribution >= 4 is 5.71 Å². The van der Waals surface area contributed by atoms with E-state index in [0.717, 1.165) is 12.5 Å². The fourth-order valence-electron chi connectivity index (χ4n) is 1.68. The average Bonchev–Trinajstić information content (AvgIpc) is 2.90. The fourth-order valence-corrected chi connectivity index (χ4v) is 1.68. The molecule has 2 aliphatic carbocycles. The quantitative estimate of drug-likeness (QED) is 0.639. The van der Waals surface area contributed by atoms with Gasteiger partial charge in [-0.3, -0.25) is 0 Å². The molecular weight excluding hydrogens is 148 g/mol. The maximum Gasteiger partial charge on any atom is 0.0378 e. The van der Waals surface area contributed by atoms with Gasteiger partial charge in [-0.25, -0.2) is 0 Å². The van der Waals surface area contributed by atoms with Gasteiger partial charge >= 0.3 is 0 Å². The summed E-state index contributed by atoms with van der Waals surface area (Å²) in [7, 11) is 0. The van der Waals surface area contributed by atoms with E-state index in [4.69, 9.17) is 0 Å². The van der Waals surface area contributed by atoms with Crippen molar-refractivity contribution < 1.29 is 0 Å². The Labute approximate surface area is 74.4 Å². The highest BCUT2D eigenvalue weighted by Gasteiger charge is 2.20. The van der Waals surface area contributed by atoms with Gasteiger partial charge in [0, 0.05) is 12.3 Å². The van der Waals surface area contributed by atoms with Crippen LogP contribution in [0.15, 0.2) is 5.10 Å². The molecule has 0 bridgehead atoms. The van der Waals surface area contributed by atoms with E-state index in [1.807, 2.05) is 0 Å². The second kappa shape index (κ2) is 3.92. The van der Waals surface area contributed by atoms with Gasteiger partial charge in [-0.2, -0.15) is 5.10 Å². The van der Waals surface area contributed by atoms with Crippen molar-refractivity contribution in [3.05, 3.63) is 0 Å². The largest absolute Gasteiger partial charge is 0.310 e. The van der Waals surface area contributed by atoms with Crippen LogP contribution in [0.5, 0.6) is 0 Å². The first kappa shape index (κ1) is 8.09. The first-order valence-corrected chi connectivity index (χ1v) is 5.23. The van der Waals surface area contributed by atoms with Crippen LogP contribution in [-0.2, 0) is 0 Å². The van der Waals surface area contributed by atoms with Crippen LogP contribution in [0.25, 0.3) is 0 Å². The van der Waals surface area contributed by atoms with Crippen LogP contribution in [0.2, 0.25) is 0 Å². The van der Waals surface area contributed by atoms with Gasteiger partial charge < -0.3 is 5.43 Å². The first-order valence-electron chi connectivity index (χ1n) is 5.23. The molecule has 2 nitrogen and oxygen atoms in total. The molecule has 0 radical (unpaired) electrons. The third-order valence-corrected chi connectivity index (χ3v) is 2.74. The zero-order valence-electron chi connectivity index (χ0n) is 7.68. The average molecular weight is 166 g/mol. The highest BCUT2D eigenvalue weighted by atomic mass is 15.3. The molecule has 0 saturated heterocycles. The molecule has 2 heteroatoms. The number of rotatable bonds is 3. The SMILES string of the molecule is C1CCC(=NNCC2CC2)CC1. The van der Waals surface area contributed by atoms with Crippen LogP contribution < -0.4 is 5.43 Å². The molecule has 0 heterocycles. The lowest BCUT2D eigenvalue weighted by atomic mass is 9.99. The fraction of sp³-hybridized carbons (Fsp3) is 0.900. The van der Waals surface area contributed by atoms with E-state index in [1.165, 1.54) is 50.7 Å². The van der Waals surface area contributed by atoms with E-state index < -0.39 is 0 Å². The Morgan fingerprint density at radius 1 is 1.17 bits per heavy atom. The van der Waals surface area contributed by atoms with Crippen LogP contribution in [0.3, 0.4) is 0 Å². The Morgan fingerprint density at radius 3 is 2.58 bits per heavy atom. The Bertz CT molecular complexity index is 163. The zero-order valence-corrected chi connectivity index (χ0v) is 7.68. The van der Waals surface area contributed by atoms with Gasteiger partial charge in [0.1, 0.15) is 0 Å². The van der Waals surface area contributed by atoms with Gasteiger partial charge in [0.2, 0.25) is 0 Å². The molecule has 0 amide bonds. The molecule has 1 N–H and O–H groups in total. The summed E-state index contributed by atoms with van der Waals surface area (Å²) in [6, 6.07) is 0. The summed E-state index contributed by atoms with van der Waals surface area (Å²) >= 11 is 0. The Kier molecular flexibility index (Phi) is 2.64. The lowest BCUT2D eigenvalue weighted by molar-refractivity contribution is 0.631. The molecule has 0 spiro atoms. The summed E-state index contributed by atoms with van der Waals surface area (Å²) in [5.74, 6) is 0.943. The van der Waals surface area contributed by atoms with E-state index in [0.29, 0.717) is 0 Å². The summed E-state index contributed by atoms with van der Waals surface area (Å²) in [6.07, 6.45) is 9.40. The summed E-state index contributed by atoms with van der Waals surface area (Å²) in [5.41, 5.74) is 4.61. The minimum atomic E-state index is 0.943. The van der Waals surface area contributed by atoms with Crippen LogP contribution in [0.4, 0.5) is 0 Å². The van der Waals surface area contributed by atoms with Crippen molar-refractivity contribution in [2.24, 2.45) is 11.0 Å². The third-order valence-electron chi connectivity index (χ3n) is 2.74. The Balaban J connectivity index is 1.65. The number of nitrogens with zero attached hydrogens (tertiary/aromatic N) is 1. The van der Waals surface area contributed by atoms with Crippen LogP contribution in [0.1, 0.15) is 44.9 Å². The summed E-state index contributed by atoms with van der Waals surface area (Å²) in [4.78, 5) is 0. The minimum Gasteiger partial charge on any atom is -0.310 e. The van der Waals surface area contributed by atoms with Crippen molar-refractivity contribution in [3.8, 4) is 0 Å². The zero-order chi connectivity index (χ0) is 8.23. The molecule has 0 aromatic carbocycles. The molecule has 2 fully saturated rings. The molecule has 12 heavy (non-hydrogen) atoms. The molecule has 0 aromatic rings. The Morgan fingerprint density at radius 2 is 1.92 bits per heavy atom. The summed E-state index contributed by atoms with van der Waals surface area (Å²) < 4.78 is 0. The van der Waals surface area contributed by atoms with Gasteiger partial charge in [-0.05, 0) is 44.4 Å². The second-order valence-electron chi connectivity index (χ2n) is 4.04. The van der Waals surface area contributed by atoms with E-state index in [1.54, 1.807) is 0 Å². The smallest absolute Gasteiger partial charge is 0.0378 e. The summed E-state index contributed by atoms with van der Waals surface area (Å²) in [5, 5.41) is 4.43. The van der Waals surface area contributed by atoms with Crippen molar-refractivity contribution in [2.75, 3.05) is 6.54 Å². The highest BCUT2D eigenvalue weighted by Crippen LogP contribution is 2.27. The number of nitrogens with one attached hydrogen (secondary N) is 1. The van der Waals surface area contributed by atoms with Gasteiger partial charge in [0.15, 0.2) is 0 Å². The Hall–Kier alpha value is -0.530. The van der Waals surface area contributed by atoms with E-state index in [2.05, 4.69) is 10.5 Å². The molecule has 68 valence electrons. The van der Waals surface area contributed by atoms with Crippen LogP contribution in [-0.4, -0.2) is 12.3 Å². The molecular formula is C10H18N2. The maximum absolute atomic E-state index is 4.43. The maximum atomic E-state index is 4.43. The first-order chi connectivity index (χ1) is 5.95. The molecule has 2 saturated carbocycles. The molecule has 2 rings (SSSR count). The van der Waals surface area contributed by atoms with E-state index >= 15 is 0 Å². The minimum absolute atomic E-state index is 0.943. The van der Waals surface area contributed by atoms with Gasteiger partial charge in [0.25, 0.3) is 0 Å². The predicted molar refractivity (Wildman–Crippen MR) is 51.2 cm³/mol. The second-order valence-corrected chi connectivity index (χ2v) is 4.04. The monoisotopic (exact) mass is 166 g/mol.